The Morgan fingerprint density at radius 2 is 1.69 bits per heavy atom. The van der Waals surface area contributed by atoms with Crippen LogP contribution in [0.4, 0.5) is 18.9 Å². The van der Waals surface area contributed by atoms with Gasteiger partial charge in [-0.3, -0.25) is 4.79 Å². The van der Waals surface area contributed by atoms with E-state index in [0.717, 1.165) is 18.2 Å². The van der Waals surface area contributed by atoms with Gasteiger partial charge in [-0.2, -0.15) is 0 Å². The van der Waals surface area contributed by atoms with Crippen LogP contribution < -0.4 is 20.4 Å². The summed E-state index contributed by atoms with van der Waals surface area (Å²) in [6, 6.07) is 10.4. The van der Waals surface area contributed by atoms with Gasteiger partial charge in [-0.05, 0) is 50.2 Å². The normalized spacial score (nSPS) is 11.5. The summed E-state index contributed by atoms with van der Waals surface area (Å²) < 4.78 is 51.1. The molecule has 6 nitrogen and oxygen atoms in total. The minimum Gasteiger partial charge on any atom is -0.491 e. The van der Waals surface area contributed by atoms with Crippen LogP contribution in [0.3, 0.4) is 0 Å². The molecule has 1 aromatic heterocycles. The molecule has 9 heteroatoms. The van der Waals surface area contributed by atoms with Crippen molar-refractivity contribution >= 4 is 22.6 Å². The van der Waals surface area contributed by atoms with E-state index >= 15 is 0 Å². The number of anilines is 1. The van der Waals surface area contributed by atoms with Gasteiger partial charge in [-0.1, -0.05) is 0 Å². The maximum absolute atomic E-state index is 12.6. The first-order valence-electron chi connectivity index (χ1n) is 8.52. The fraction of sp³-hybridized carbons (Fsp3) is 0.200. The number of hydrogen-bond donors (Lipinski definition) is 1. The van der Waals surface area contributed by atoms with E-state index in [1.54, 1.807) is 12.1 Å². The van der Waals surface area contributed by atoms with Gasteiger partial charge in [0.15, 0.2) is 0 Å². The van der Waals surface area contributed by atoms with Gasteiger partial charge >= 0.3 is 12.0 Å². The summed E-state index contributed by atoms with van der Waals surface area (Å²) in [4.78, 5) is 24.5. The number of amides is 1. The van der Waals surface area contributed by atoms with E-state index in [-0.39, 0.29) is 22.9 Å². The number of nitrogens with one attached hydrogen (secondary N) is 1. The van der Waals surface area contributed by atoms with Crippen LogP contribution in [-0.2, 0) is 0 Å². The van der Waals surface area contributed by atoms with Crippen LogP contribution in [0.2, 0.25) is 0 Å². The summed E-state index contributed by atoms with van der Waals surface area (Å²) in [5, 5.41) is 2.91. The number of alkyl halides is 3. The SMILES string of the molecule is CC(C)Oc1ccc2c(C(=O)Nc3ccc(OC(F)(F)F)cc3)cc(=O)oc2c1. The second-order valence-corrected chi connectivity index (χ2v) is 6.33. The van der Waals surface area contributed by atoms with Crippen LogP contribution in [0.15, 0.2) is 57.7 Å². The topological polar surface area (TPSA) is 77.8 Å². The fourth-order valence-electron chi connectivity index (χ4n) is 2.61. The highest BCUT2D eigenvalue weighted by Crippen LogP contribution is 2.26. The molecule has 3 rings (SSSR count). The molecule has 1 heterocycles. The lowest BCUT2D eigenvalue weighted by molar-refractivity contribution is -0.274. The number of benzene rings is 2. The third kappa shape index (κ3) is 5.28. The summed E-state index contributed by atoms with van der Waals surface area (Å²) in [6.45, 7) is 3.69. The number of carbonyl (C=O) groups is 1. The molecule has 0 radical (unpaired) electrons. The number of rotatable bonds is 5. The fourth-order valence-corrected chi connectivity index (χ4v) is 2.61. The van der Waals surface area contributed by atoms with Crippen molar-refractivity contribution in [3.8, 4) is 11.5 Å². The number of ether oxygens (including phenoxy) is 2. The Morgan fingerprint density at radius 1 is 1.03 bits per heavy atom. The highest BCUT2D eigenvalue weighted by atomic mass is 19.4. The highest BCUT2D eigenvalue weighted by Gasteiger charge is 2.31. The first-order chi connectivity index (χ1) is 13.6. The predicted molar refractivity (Wildman–Crippen MR) is 99.3 cm³/mol. The van der Waals surface area contributed by atoms with Crippen molar-refractivity contribution < 1.29 is 31.9 Å². The van der Waals surface area contributed by atoms with Crippen molar-refractivity contribution in [2.24, 2.45) is 0 Å². The number of carbonyl (C=O) groups excluding carboxylic acids is 1. The highest BCUT2D eigenvalue weighted by molar-refractivity contribution is 6.12. The summed E-state index contributed by atoms with van der Waals surface area (Å²) in [6.07, 6.45) is -4.89. The van der Waals surface area contributed by atoms with E-state index < -0.39 is 23.6 Å². The Labute approximate surface area is 162 Å². The molecule has 0 aliphatic heterocycles. The molecule has 0 unspecified atom stereocenters. The Morgan fingerprint density at radius 3 is 2.31 bits per heavy atom. The minimum atomic E-state index is -4.81. The third-order valence-corrected chi connectivity index (χ3v) is 3.68. The number of fused-ring (bicyclic) bond motifs is 1. The van der Waals surface area contributed by atoms with Gasteiger partial charge in [-0.15, -0.1) is 13.2 Å². The molecule has 0 fully saturated rings. The molecule has 0 aliphatic carbocycles. The molecule has 0 bridgehead atoms. The smallest absolute Gasteiger partial charge is 0.491 e. The van der Waals surface area contributed by atoms with Crippen molar-refractivity contribution in [1.82, 2.24) is 0 Å². The zero-order chi connectivity index (χ0) is 21.2. The Bertz CT molecular complexity index is 1090. The summed E-state index contributed by atoms with van der Waals surface area (Å²) >= 11 is 0. The van der Waals surface area contributed by atoms with Crippen LogP contribution in [0, 0.1) is 0 Å². The zero-order valence-corrected chi connectivity index (χ0v) is 15.4. The van der Waals surface area contributed by atoms with Crippen molar-refractivity contribution in [2.75, 3.05) is 5.32 Å². The van der Waals surface area contributed by atoms with E-state index in [4.69, 9.17) is 9.15 Å². The molecule has 0 atom stereocenters. The van der Waals surface area contributed by atoms with E-state index in [0.29, 0.717) is 11.1 Å². The molecule has 1 N–H and O–H groups in total. The molecular weight excluding hydrogens is 391 g/mol. The average molecular weight is 407 g/mol. The number of hydrogen-bond acceptors (Lipinski definition) is 5. The predicted octanol–water partition coefficient (Wildman–Crippen LogP) is 4.73. The van der Waals surface area contributed by atoms with Crippen LogP contribution >= 0.6 is 0 Å². The van der Waals surface area contributed by atoms with Crippen molar-refractivity contribution in [2.45, 2.75) is 26.3 Å². The van der Waals surface area contributed by atoms with E-state index in [1.165, 1.54) is 18.2 Å². The molecule has 2 aromatic carbocycles. The van der Waals surface area contributed by atoms with Gasteiger partial charge < -0.3 is 19.2 Å². The lowest BCUT2D eigenvalue weighted by atomic mass is 10.1. The van der Waals surface area contributed by atoms with E-state index in [9.17, 15) is 22.8 Å². The largest absolute Gasteiger partial charge is 0.573 e. The summed E-state index contributed by atoms with van der Waals surface area (Å²) in [5.41, 5.74) is -0.262. The molecule has 0 aliphatic rings. The van der Waals surface area contributed by atoms with Gasteiger partial charge in [0.2, 0.25) is 0 Å². The number of halogens is 3. The van der Waals surface area contributed by atoms with Crippen molar-refractivity contribution in [1.29, 1.82) is 0 Å². The van der Waals surface area contributed by atoms with Gasteiger partial charge in [0.25, 0.3) is 5.91 Å². The first kappa shape index (κ1) is 20.2. The van der Waals surface area contributed by atoms with Gasteiger partial charge in [-0.25, -0.2) is 4.79 Å². The van der Waals surface area contributed by atoms with Gasteiger partial charge in [0, 0.05) is 23.2 Å². The van der Waals surface area contributed by atoms with Crippen molar-refractivity contribution in [3.05, 3.63) is 64.5 Å². The van der Waals surface area contributed by atoms with Crippen LogP contribution in [0.1, 0.15) is 24.2 Å². The molecule has 0 saturated carbocycles. The molecule has 29 heavy (non-hydrogen) atoms. The lowest BCUT2D eigenvalue weighted by Crippen LogP contribution is -2.17. The molecule has 152 valence electrons. The third-order valence-electron chi connectivity index (χ3n) is 3.68. The quantitative estimate of drug-likeness (QED) is 0.619. The lowest BCUT2D eigenvalue weighted by Gasteiger charge is -2.12. The van der Waals surface area contributed by atoms with Gasteiger partial charge in [0.05, 0.1) is 11.7 Å². The Hall–Kier alpha value is -3.49. The molecule has 0 spiro atoms. The Balaban J connectivity index is 1.86. The van der Waals surface area contributed by atoms with Crippen LogP contribution in [0.5, 0.6) is 11.5 Å². The average Bonchev–Trinajstić information content (AvgIpc) is 2.60. The molecular formula is C20H16F3NO5. The minimum absolute atomic E-state index is 0.0583. The van der Waals surface area contributed by atoms with E-state index in [2.05, 4.69) is 10.1 Å². The van der Waals surface area contributed by atoms with E-state index in [1.807, 2.05) is 13.8 Å². The van der Waals surface area contributed by atoms with Gasteiger partial charge in [0.1, 0.15) is 17.1 Å². The molecule has 3 aromatic rings. The standard InChI is InChI=1S/C20H16F3NO5/c1-11(2)27-14-7-8-15-16(10-18(25)28-17(15)9-14)19(26)24-12-3-5-13(6-4-12)29-20(21,22)23/h3-11H,1-2H3,(H,24,26). The van der Waals surface area contributed by atoms with Crippen molar-refractivity contribution in [3.63, 3.8) is 0 Å². The monoisotopic (exact) mass is 407 g/mol. The Kier molecular flexibility index (Phi) is 5.49. The zero-order valence-electron chi connectivity index (χ0n) is 15.4. The second-order valence-electron chi connectivity index (χ2n) is 6.33. The maximum atomic E-state index is 12.6. The maximum Gasteiger partial charge on any atom is 0.573 e. The molecule has 1 amide bonds. The van der Waals surface area contributed by atoms with Crippen LogP contribution in [-0.4, -0.2) is 18.4 Å². The first-order valence-corrected chi connectivity index (χ1v) is 8.52. The second kappa shape index (κ2) is 7.86. The van der Waals surface area contributed by atoms with Crippen LogP contribution in [0.25, 0.3) is 11.0 Å². The summed E-state index contributed by atoms with van der Waals surface area (Å²) in [5.74, 6) is -0.558. The molecule has 0 saturated heterocycles. The summed E-state index contributed by atoms with van der Waals surface area (Å²) in [7, 11) is 0.